The number of aliphatic hydroxyl groups excluding tert-OH is 1. The zero-order chi connectivity index (χ0) is 15.2. The second-order valence-corrected chi connectivity index (χ2v) is 6.49. The molecule has 0 aliphatic carbocycles. The summed E-state index contributed by atoms with van der Waals surface area (Å²) >= 11 is 3.40. The first-order chi connectivity index (χ1) is 9.34. The molecule has 0 fully saturated rings. The fourth-order valence-corrected chi connectivity index (χ4v) is 2.25. The summed E-state index contributed by atoms with van der Waals surface area (Å²) in [6.07, 6.45) is 0.650. The van der Waals surface area contributed by atoms with Gasteiger partial charge in [0.15, 0.2) is 6.61 Å². The Bertz CT molecular complexity index is 460. The first-order valence-electron chi connectivity index (χ1n) is 6.60. The van der Waals surface area contributed by atoms with Crippen LogP contribution in [0.1, 0.15) is 25.8 Å². The lowest BCUT2D eigenvalue weighted by Gasteiger charge is -2.23. The highest BCUT2D eigenvalue weighted by Gasteiger charge is 2.18. The van der Waals surface area contributed by atoms with Crippen LogP contribution in [0.25, 0.3) is 0 Å². The van der Waals surface area contributed by atoms with Crippen LogP contribution in [0.2, 0.25) is 0 Å². The average Bonchev–Trinajstić information content (AvgIpc) is 2.35. The Morgan fingerprint density at radius 1 is 1.45 bits per heavy atom. The topological polar surface area (TPSA) is 58.6 Å². The van der Waals surface area contributed by atoms with Crippen molar-refractivity contribution in [3.8, 4) is 5.75 Å². The molecule has 1 aromatic carbocycles. The van der Waals surface area contributed by atoms with E-state index in [0.717, 1.165) is 10.0 Å². The molecule has 0 saturated carbocycles. The van der Waals surface area contributed by atoms with Crippen molar-refractivity contribution in [1.29, 1.82) is 0 Å². The first-order valence-corrected chi connectivity index (χ1v) is 7.40. The molecule has 1 amide bonds. The molecule has 4 nitrogen and oxygen atoms in total. The number of rotatable bonds is 7. The van der Waals surface area contributed by atoms with E-state index in [1.54, 1.807) is 0 Å². The van der Waals surface area contributed by atoms with E-state index in [1.807, 2.05) is 39.0 Å². The maximum Gasteiger partial charge on any atom is 0.257 e. The Kier molecular flexibility index (Phi) is 6.49. The van der Waals surface area contributed by atoms with Crippen LogP contribution in [0.3, 0.4) is 0 Å². The fourth-order valence-electron chi connectivity index (χ4n) is 1.65. The summed E-state index contributed by atoms with van der Waals surface area (Å²) in [5, 5.41) is 11.7. The molecule has 0 saturated heterocycles. The van der Waals surface area contributed by atoms with E-state index >= 15 is 0 Å². The Hall–Kier alpha value is -1.07. The molecule has 0 atom stereocenters. The number of carbonyl (C=O) groups is 1. The molecular weight excluding hydrogens is 322 g/mol. The number of benzene rings is 1. The van der Waals surface area contributed by atoms with Crippen molar-refractivity contribution in [3.05, 3.63) is 28.2 Å². The van der Waals surface area contributed by atoms with Gasteiger partial charge in [0.1, 0.15) is 5.75 Å². The molecule has 20 heavy (non-hydrogen) atoms. The zero-order valence-corrected chi connectivity index (χ0v) is 13.8. The van der Waals surface area contributed by atoms with Gasteiger partial charge in [-0.15, -0.1) is 0 Å². The number of aryl methyl sites for hydroxylation is 1. The number of ether oxygens (including phenoxy) is 1. The van der Waals surface area contributed by atoms with Crippen molar-refractivity contribution in [2.45, 2.75) is 27.2 Å². The van der Waals surface area contributed by atoms with E-state index in [4.69, 9.17) is 9.84 Å². The summed E-state index contributed by atoms with van der Waals surface area (Å²) < 4.78 is 6.31. The number of carbonyl (C=O) groups excluding carboxylic acids is 1. The maximum atomic E-state index is 11.7. The van der Waals surface area contributed by atoms with Crippen molar-refractivity contribution in [2.75, 3.05) is 19.8 Å². The molecule has 0 aliphatic heterocycles. The molecule has 0 radical (unpaired) electrons. The minimum Gasteiger partial charge on any atom is -0.483 e. The number of halogens is 1. The summed E-state index contributed by atoms with van der Waals surface area (Å²) in [5.74, 6) is 0.490. The van der Waals surface area contributed by atoms with Crippen molar-refractivity contribution < 1.29 is 14.6 Å². The van der Waals surface area contributed by atoms with Crippen LogP contribution in [0, 0.1) is 12.3 Å². The quantitative estimate of drug-likeness (QED) is 0.800. The molecule has 0 spiro atoms. The predicted molar refractivity (Wildman–Crippen MR) is 82.9 cm³/mol. The van der Waals surface area contributed by atoms with E-state index < -0.39 is 0 Å². The third-order valence-electron chi connectivity index (χ3n) is 3.00. The number of hydrogen-bond acceptors (Lipinski definition) is 3. The van der Waals surface area contributed by atoms with Crippen LogP contribution >= 0.6 is 15.9 Å². The molecule has 2 N–H and O–H groups in total. The van der Waals surface area contributed by atoms with Gasteiger partial charge in [0.2, 0.25) is 0 Å². The smallest absolute Gasteiger partial charge is 0.257 e. The monoisotopic (exact) mass is 343 g/mol. The van der Waals surface area contributed by atoms with Crippen molar-refractivity contribution in [1.82, 2.24) is 5.32 Å². The van der Waals surface area contributed by atoms with Crippen LogP contribution in [-0.4, -0.2) is 30.8 Å². The van der Waals surface area contributed by atoms with E-state index in [9.17, 15) is 4.79 Å². The lowest BCUT2D eigenvalue weighted by atomic mass is 9.90. The highest BCUT2D eigenvalue weighted by atomic mass is 79.9. The van der Waals surface area contributed by atoms with Crippen LogP contribution in [-0.2, 0) is 4.79 Å². The van der Waals surface area contributed by atoms with Crippen molar-refractivity contribution in [2.24, 2.45) is 5.41 Å². The second-order valence-electron chi connectivity index (χ2n) is 5.64. The minimum atomic E-state index is -0.163. The lowest BCUT2D eigenvalue weighted by Crippen LogP contribution is -2.37. The second kappa shape index (κ2) is 7.64. The molecule has 1 aromatic rings. The van der Waals surface area contributed by atoms with Gasteiger partial charge in [-0.1, -0.05) is 19.9 Å². The van der Waals surface area contributed by atoms with E-state index in [-0.39, 0.29) is 24.5 Å². The van der Waals surface area contributed by atoms with Gasteiger partial charge in [-0.05, 0) is 52.4 Å². The van der Waals surface area contributed by atoms with Crippen LogP contribution < -0.4 is 10.1 Å². The van der Waals surface area contributed by atoms with Crippen molar-refractivity contribution in [3.63, 3.8) is 0 Å². The Balaban J connectivity index is 2.40. The van der Waals surface area contributed by atoms with Crippen LogP contribution in [0.4, 0.5) is 0 Å². The largest absolute Gasteiger partial charge is 0.483 e. The van der Waals surface area contributed by atoms with Crippen molar-refractivity contribution >= 4 is 21.8 Å². The minimum absolute atomic E-state index is 0.0170. The summed E-state index contributed by atoms with van der Waals surface area (Å²) in [6, 6.07) is 5.71. The third kappa shape index (κ3) is 5.92. The SMILES string of the molecule is Cc1ccc(OCC(=O)NCC(C)(C)CCO)c(Br)c1. The maximum absolute atomic E-state index is 11.7. The molecule has 0 unspecified atom stereocenters. The standard InChI is InChI=1S/C15H22BrNO3/c1-11-4-5-13(12(16)8-11)20-9-14(19)17-10-15(2,3)6-7-18/h4-5,8,18H,6-7,9-10H2,1-3H3,(H,17,19). The molecule has 0 aliphatic rings. The summed E-state index contributed by atoms with van der Waals surface area (Å²) in [6.45, 7) is 6.61. The molecule has 112 valence electrons. The van der Waals surface area contributed by atoms with Gasteiger partial charge in [0, 0.05) is 13.2 Å². The van der Waals surface area contributed by atoms with Gasteiger partial charge in [-0.3, -0.25) is 4.79 Å². The van der Waals surface area contributed by atoms with E-state index in [0.29, 0.717) is 18.7 Å². The fraction of sp³-hybridized carbons (Fsp3) is 0.533. The lowest BCUT2D eigenvalue weighted by molar-refractivity contribution is -0.123. The van der Waals surface area contributed by atoms with E-state index in [2.05, 4.69) is 21.2 Å². The van der Waals surface area contributed by atoms with Gasteiger partial charge in [-0.2, -0.15) is 0 Å². The van der Waals surface area contributed by atoms with Gasteiger partial charge in [0.05, 0.1) is 4.47 Å². The van der Waals surface area contributed by atoms with Crippen LogP contribution in [0.15, 0.2) is 22.7 Å². The predicted octanol–water partition coefficient (Wildman–Crippen LogP) is 2.66. The molecule has 0 heterocycles. The van der Waals surface area contributed by atoms with Gasteiger partial charge in [0.25, 0.3) is 5.91 Å². The Morgan fingerprint density at radius 2 is 2.15 bits per heavy atom. The highest BCUT2D eigenvalue weighted by molar-refractivity contribution is 9.10. The van der Waals surface area contributed by atoms with Crippen LogP contribution in [0.5, 0.6) is 5.75 Å². The molecule has 0 aromatic heterocycles. The number of aliphatic hydroxyl groups is 1. The van der Waals surface area contributed by atoms with Gasteiger partial charge >= 0.3 is 0 Å². The number of hydrogen-bond donors (Lipinski definition) is 2. The molecular formula is C15H22BrNO3. The summed E-state index contributed by atoms with van der Waals surface area (Å²) in [4.78, 5) is 11.7. The third-order valence-corrected chi connectivity index (χ3v) is 3.62. The molecule has 5 heteroatoms. The molecule has 1 rings (SSSR count). The Labute approximate surface area is 128 Å². The van der Waals surface area contributed by atoms with Gasteiger partial charge < -0.3 is 15.2 Å². The summed E-state index contributed by atoms with van der Waals surface area (Å²) in [7, 11) is 0. The molecule has 0 bridgehead atoms. The number of amides is 1. The highest BCUT2D eigenvalue weighted by Crippen LogP contribution is 2.25. The number of nitrogens with one attached hydrogen (secondary N) is 1. The normalized spacial score (nSPS) is 11.2. The first kappa shape index (κ1) is 17.0. The Morgan fingerprint density at radius 3 is 2.75 bits per heavy atom. The summed E-state index contributed by atoms with van der Waals surface area (Å²) in [5.41, 5.74) is 1.01. The zero-order valence-electron chi connectivity index (χ0n) is 12.2. The van der Waals surface area contributed by atoms with E-state index in [1.165, 1.54) is 0 Å². The van der Waals surface area contributed by atoms with Gasteiger partial charge in [-0.25, -0.2) is 0 Å². The average molecular weight is 344 g/mol.